The smallest absolute Gasteiger partial charge is 0.227 e. The predicted molar refractivity (Wildman–Crippen MR) is 91.5 cm³/mol. The summed E-state index contributed by atoms with van der Waals surface area (Å²) in [6.07, 6.45) is 2.97. The SMILES string of the molecule is COc1ccccc1CC1CCCN1C(=O)C(C)C(C)N.Cl. The number of para-hydroxylation sites is 1. The summed E-state index contributed by atoms with van der Waals surface area (Å²) in [6, 6.07) is 8.19. The molecule has 3 atom stereocenters. The summed E-state index contributed by atoms with van der Waals surface area (Å²) in [5, 5.41) is 0. The number of ether oxygens (including phenoxy) is 1. The number of hydrogen-bond donors (Lipinski definition) is 1. The topological polar surface area (TPSA) is 55.6 Å². The average molecular weight is 327 g/mol. The Hall–Kier alpha value is -1.26. The monoisotopic (exact) mass is 326 g/mol. The van der Waals surface area contributed by atoms with Crippen molar-refractivity contribution in [1.82, 2.24) is 4.90 Å². The number of benzene rings is 1. The number of carbonyl (C=O) groups is 1. The minimum atomic E-state index is -0.122. The fourth-order valence-corrected chi connectivity index (χ4v) is 2.95. The fraction of sp³-hybridized carbons (Fsp3) is 0.588. The first-order valence-corrected chi connectivity index (χ1v) is 7.72. The van der Waals surface area contributed by atoms with E-state index in [1.807, 2.05) is 36.9 Å². The number of rotatable bonds is 5. The summed E-state index contributed by atoms with van der Waals surface area (Å²) in [5.74, 6) is 0.961. The van der Waals surface area contributed by atoms with E-state index in [4.69, 9.17) is 10.5 Å². The zero-order valence-corrected chi connectivity index (χ0v) is 14.4. The van der Waals surface area contributed by atoms with Gasteiger partial charge in [-0.25, -0.2) is 0 Å². The van der Waals surface area contributed by atoms with Crippen LogP contribution in [0.1, 0.15) is 32.3 Å². The van der Waals surface area contributed by atoms with Gasteiger partial charge < -0.3 is 15.4 Å². The highest BCUT2D eigenvalue weighted by molar-refractivity contribution is 5.85. The molecule has 1 amide bonds. The number of carbonyl (C=O) groups excluding carboxylic acids is 1. The van der Waals surface area contributed by atoms with Crippen molar-refractivity contribution in [3.8, 4) is 5.75 Å². The largest absolute Gasteiger partial charge is 0.496 e. The number of likely N-dealkylation sites (tertiary alicyclic amines) is 1. The van der Waals surface area contributed by atoms with E-state index in [0.29, 0.717) is 0 Å². The van der Waals surface area contributed by atoms with Crippen molar-refractivity contribution in [2.75, 3.05) is 13.7 Å². The van der Waals surface area contributed by atoms with Gasteiger partial charge in [0.05, 0.1) is 13.0 Å². The van der Waals surface area contributed by atoms with Crippen LogP contribution in [0.4, 0.5) is 0 Å². The van der Waals surface area contributed by atoms with Gasteiger partial charge in [-0.15, -0.1) is 12.4 Å². The fourth-order valence-electron chi connectivity index (χ4n) is 2.95. The minimum absolute atomic E-state index is 0. The van der Waals surface area contributed by atoms with Crippen LogP contribution in [0, 0.1) is 5.92 Å². The van der Waals surface area contributed by atoms with Gasteiger partial charge in [0.25, 0.3) is 0 Å². The van der Waals surface area contributed by atoms with Gasteiger partial charge in [0.2, 0.25) is 5.91 Å². The van der Waals surface area contributed by atoms with Crippen LogP contribution in [-0.2, 0) is 11.2 Å². The van der Waals surface area contributed by atoms with Gasteiger partial charge in [-0.1, -0.05) is 25.1 Å². The zero-order valence-electron chi connectivity index (χ0n) is 13.6. The Kier molecular flexibility index (Phi) is 7.17. The Bertz CT molecular complexity index is 493. The highest BCUT2D eigenvalue weighted by Gasteiger charge is 2.32. The van der Waals surface area contributed by atoms with E-state index in [1.165, 1.54) is 0 Å². The second-order valence-electron chi connectivity index (χ2n) is 5.99. The van der Waals surface area contributed by atoms with Gasteiger partial charge in [0.1, 0.15) is 5.75 Å². The molecule has 1 aromatic carbocycles. The molecule has 5 heteroatoms. The predicted octanol–water partition coefficient (Wildman–Crippen LogP) is 2.63. The first kappa shape index (κ1) is 18.8. The summed E-state index contributed by atoms with van der Waals surface area (Å²) >= 11 is 0. The van der Waals surface area contributed by atoms with E-state index in [1.54, 1.807) is 7.11 Å². The Morgan fingerprint density at radius 1 is 1.41 bits per heavy atom. The number of nitrogens with two attached hydrogens (primary N) is 1. The second kappa shape index (κ2) is 8.39. The van der Waals surface area contributed by atoms with Crippen LogP contribution in [-0.4, -0.2) is 36.5 Å². The Balaban J connectivity index is 0.00000242. The van der Waals surface area contributed by atoms with Gasteiger partial charge in [-0.3, -0.25) is 4.79 Å². The van der Waals surface area contributed by atoms with Crippen molar-refractivity contribution in [3.05, 3.63) is 29.8 Å². The van der Waals surface area contributed by atoms with E-state index >= 15 is 0 Å². The molecule has 0 saturated carbocycles. The van der Waals surface area contributed by atoms with Crippen molar-refractivity contribution in [2.45, 2.75) is 45.2 Å². The van der Waals surface area contributed by atoms with Crippen molar-refractivity contribution in [3.63, 3.8) is 0 Å². The molecule has 0 radical (unpaired) electrons. The normalized spacial score (nSPS) is 20.2. The highest BCUT2D eigenvalue weighted by Crippen LogP contribution is 2.27. The van der Waals surface area contributed by atoms with Crippen LogP contribution < -0.4 is 10.5 Å². The lowest BCUT2D eigenvalue weighted by atomic mass is 9.99. The first-order valence-electron chi connectivity index (χ1n) is 7.72. The molecule has 4 nitrogen and oxygen atoms in total. The average Bonchev–Trinajstić information content (AvgIpc) is 2.94. The molecule has 0 bridgehead atoms. The van der Waals surface area contributed by atoms with E-state index in [9.17, 15) is 4.79 Å². The Morgan fingerprint density at radius 3 is 2.73 bits per heavy atom. The molecule has 2 N–H and O–H groups in total. The minimum Gasteiger partial charge on any atom is -0.496 e. The molecular weight excluding hydrogens is 300 g/mol. The maximum Gasteiger partial charge on any atom is 0.227 e. The molecule has 1 aliphatic rings. The van der Waals surface area contributed by atoms with Gasteiger partial charge in [0, 0.05) is 18.6 Å². The standard InChI is InChI=1S/C17H26N2O2.ClH/c1-12(13(2)18)17(20)19-10-6-8-15(19)11-14-7-4-5-9-16(14)21-3;/h4-5,7,9,12-13,15H,6,8,10-11,18H2,1-3H3;1H. The van der Waals surface area contributed by atoms with E-state index in [-0.39, 0.29) is 36.3 Å². The third-order valence-corrected chi connectivity index (χ3v) is 4.49. The molecule has 1 aromatic rings. The van der Waals surface area contributed by atoms with Gasteiger partial charge in [-0.2, -0.15) is 0 Å². The van der Waals surface area contributed by atoms with Gasteiger partial charge in [0.15, 0.2) is 0 Å². The third-order valence-electron chi connectivity index (χ3n) is 4.49. The van der Waals surface area contributed by atoms with Gasteiger partial charge in [-0.05, 0) is 37.8 Å². The maximum absolute atomic E-state index is 12.6. The zero-order chi connectivity index (χ0) is 15.4. The van der Waals surface area contributed by atoms with E-state index in [0.717, 1.165) is 37.1 Å². The summed E-state index contributed by atoms with van der Waals surface area (Å²) in [6.45, 7) is 4.66. The molecular formula is C17H27ClN2O2. The van der Waals surface area contributed by atoms with Crippen LogP contribution >= 0.6 is 12.4 Å². The Labute approximate surface area is 139 Å². The number of hydrogen-bond acceptors (Lipinski definition) is 3. The van der Waals surface area contributed by atoms with Crippen LogP contribution in [0.25, 0.3) is 0 Å². The molecule has 0 aromatic heterocycles. The molecule has 0 spiro atoms. The summed E-state index contributed by atoms with van der Waals surface area (Å²) in [7, 11) is 1.69. The van der Waals surface area contributed by atoms with Crippen LogP contribution in [0.2, 0.25) is 0 Å². The van der Waals surface area contributed by atoms with Crippen LogP contribution in [0.15, 0.2) is 24.3 Å². The van der Waals surface area contributed by atoms with E-state index < -0.39 is 0 Å². The molecule has 1 fully saturated rings. The lowest BCUT2D eigenvalue weighted by molar-refractivity contribution is -0.136. The van der Waals surface area contributed by atoms with Crippen molar-refractivity contribution in [1.29, 1.82) is 0 Å². The molecule has 124 valence electrons. The lowest BCUT2D eigenvalue weighted by Crippen LogP contribution is -2.44. The van der Waals surface area contributed by atoms with E-state index in [2.05, 4.69) is 6.07 Å². The van der Waals surface area contributed by atoms with Crippen molar-refractivity contribution < 1.29 is 9.53 Å². The Morgan fingerprint density at radius 2 is 2.09 bits per heavy atom. The summed E-state index contributed by atoms with van der Waals surface area (Å²) in [5.41, 5.74) is 7.05. The van der Waals surface area contributed by atoms with Crippen molar-refractivity contribution >= 4 is 18.3 Å². The highest BCUT2D eigenvalue weighted by atomic mass is 35.5. The number of nitrogens with zero attached hydrogens (tertiary/aromatic N) is 1. The quantitative estimate of drug-likeness (QED) is 0.905. The molecule has 0 aliphatic carbocycles. The summed E-state index contributed by atoms with van der Waals surface area (Å²) in [4.78, 5) is 14.6. The first-order chi connectivity index (χ1) is 10.0. The molecule has 1 aliphatic heterocycles. The molecule has 2 rings (SSSR count). The number of methoxy groups -OCH3 is 1. The molecule has 1 saturated heterocycles. The lowest BCUT2D eigenvalue weighted by Gasteiger charge is -2.29. The van der Waals surface area contributed by atoms with Gasteiger partial charge >= 0.3 is 0 Å². The molecule has 22 heavy (non-hydrogen) atoms. The second-order valence-corrected chi connectivity index (χ2v) is 5.99. The van der Waals surface area contributed by atoms with Crippen molar-refractivity contribution in [2.24, 2.45) is 11.7 Å². The van der Waals surface area contributed by atoms with Crippen LogP contribution in [0.3, 0.4) is 0 Å². The van der Waals surface area contributed by atoms with Crippen LogP contribution in [0.5, 0.6) is 5.75 Å². The number of halogens is 1. The molecule has 1 heterocycles. The maximum atomic E-state index is 12.6. The third kappa shape index (κ3) is 4.14. The molecule has 3 unspecified atom stereocenters. The summed E-state index contributed by atoms with van der Waals surface area (Å²) < 4.78 is 5.41. The number of amides is 1.